The molecule has 14 heavy (non-hydrogen) atoms. The maximum atomic E-state index is 11.3. The van der Waals surface area contributed by atoms with Crippen LogP contribution in [0.15, 0.2) is 16.5 Å². The van der Waals surface area contributed by atoms with Crippen molar-refractivity contribution in [2.75, 3.05) is 6.54 Å². The molecule has 0 spiro atoms. The summed E-state index contributed by atoms with van der Waals surface area (Å²) < 4.78 is 5.16. The third-order valence-electron chi connectivity index (χ3n) is 1.66. The molecule has 0 bridgehead atoms. The van der Waals surface area contributed by atoms with Crippen molar-refractivity contribution in [1.29, 1.82) is 0 Å². The molecule has 5 nitrogen and oxygen atoms in total. The fourth-order valence-corrected chi connectivity index (χ4v) is 0.944. The summed E-state index contributed by atoms with van der Waals surface area (Å²) in [5.74, 6) is -0.0820. The summed E-state index contributed by atoms with van der Waals surface area (Å²) in [6.07, 6.45) is 0.725. The smallest absolute Gasteiger partial charge is 0.287 e. The van der Waals surface area contributed by atoms with Gasteiger partial charge in [0.15, 0.2) is 5.76 Å². The van der Waals surface area contributed by atoms with E-state index in [2.05, 4.69) is 5.32 Å². The van der Waals surface area contributed by atoms with Crippen molar-refractivity contribution in [2.45, 2.75) is 13.3 Å². The fraction of sp³-hybridized carbons (Fsp3) is 0.333. The van der Waals surface area contributed by atoms with Gasteiger partial charge < -0.3 is 15.5 Å². The molecule has 1 heterocycles. The summed E-state index contributed by atoms with van der Waals surface area (Å²) in [4.78, 5) is 21.6. The molecule has 0 saturated heterocycles. The molecule has 1 rings (SSSR count). The monoisotopic (exact) mass is 196 g/mol. The molecular weight excluding hydrogens is 184 g/mol. The molecular formula is C9H12N2O3. The van der Waals surface area contributed by atoms with E-state index < -0.39 is 11.8 Å². The zero-order chi connectivity index (χ0) is 10.6. The first kappa shape index (κ1) is 10.3. The van der Waals surface area contributed by atoms with Crippen molar-refractivity contribution in [3.63, 3.8) is 0 Å². The Labute approximate surface area is 81.3 Å². The molecule has 0 aliphatic rings. The lowest BCUT2D eigenvalue weighted by molar-refractivity contribution is -0.117. The molecule has 0 aliphatic heterocycles. The van der Waals surface area contributed by atoms with Gasteiger partial charge in [0.1, 0.15) is 5.76 Å². The number of amides is 2. The highest BCUT2D eigenvalue weighted by atomic mass is 16.3. The van der Waals surface area contributed by atoms with Crippen LogP contribution in [-0.2, 0) is 11.2 Å². The zero-order valence-corrected chi connectivity index (χ0v) is 7.87. The minimum absolute atomic E-state index is 0.180. The lowest BCUT2D eigenvalue weighted by Gasteiger charge is -1.98. The quantitative estimate of drug-likeness (QED) is 0.713. The number of nitrogens with one attached hydrogen (secondary N) is 1. The molecule has 5 heteroatoms. The highest BCUT2D eigenvalue weighted by Gasteiger charge is 2.10. The third kappa shape index (κ3) is 2.62. The molecule has 0 fully saturated rings. The molecule has 76 valence electrons. The lowest BCUT2D eigenvalue weighted by atomic mass is 10.3. The van der Waals surface area contributed by atoms with Crippen LogP contribution < -0.4 is 11.1 Å². The molecule has 1 aromatic rings. The Kier molecular flexibility index (Phi) is 3.28. The molecule has 3 N–H and O–H groups in total. The average Bonchev–Trinajstić information content (AvgIpc) is 2.62. The number of furan rings is 1. The number of hydrogen-bond acceptors (Lipinski definition) is 3. The van der Waals surface area contributed by atoms with Gasteiger partial charge in [-0.2, -0.15) is 0 Å². The zero-order valence-electron chi connectivity index (χ0n) is 7.87. The van der Waals surface area contributed by atoms with Crippen LogP contribution in [0.25, 0.3) is 0 Å². The molecule has 1 aromatic heterocycles. The lowest BCUT2D eigenvalue weighted by Crippen LogP contribution is -2.33. The Balaban J connectivity index is 2.56. The second kappa shape index (κ2) is 4.45. The molecule has 0 aliphatic carbocycles. The van der Waals surface area contributed by atoms with E-state index >= 15 is 0 Å². The highest BCUT2D eigenvalue weighted by Crippen LogP contribution is 2.07. The summed E-state index contributed by atoms with van der Waals surface area (Å²) in [5.41, 5.74) is 4.87. The summed E-state index contributed by atoms with van der Waals surface area (Å²) in [7, 11) is 0. The van der Waals surface area contributed by atoms with Crippen molar-refractivity contribution in [3.05, 3.63) is 23.7 Å². The number of carbonyl (C=O) groups excluding carboxylic acids is 2. The van der Waals surface area contributed by atoms with Crippen molar-refractivity contribution in [2.24, 2.45) is 5.73 Å². The third-order valence-corrected chi connectivity index (χ3v) is 1.66. The van der Waals surface area contributed by atoms with Gasteiger partial charge in [0, 0.05) is 6.42 Å². The standard InChI is InChI=1S/C9H12N2O3/c1-2-6-3-4-7(14-6)9(13)11-5-8(10)12/h3-4H,2,5H2,1H3,(H2,10,12)(H,11,13). The number of rotatable bonds is 4. The average molecular weight is 196 g/mol. The second-order valence-corrected chi connectivity index (χ2v) is 2.77. The van der Waals surface area contributed by atoms with Gasteiger partial charge in [-0.3, -0.25) is 9.59 Å². The fourth-order valence-electron chi connectivity index (χ4n) is 0.944. The number of aryl methyl sites for hydroxylation is 1. The van der Waals surface area contributed by atoms with Crippen molar-refractivity contribution >= 4 is 11.8 Å². The molecule has 0 aromatic carbocycles. The van der Waals surface area contributed by atoms with Crippen molar-refractivity contribution in [1.82, 2.24) is 5.32 Å². The van der Waals surface area contributed by atoms with E-state index in [1.165, 1.54) is 0 Å². The van der Waals surface area contributed by atoms with Crippen LogP contribution in [0.2, 0.25) is 0 Å². The van der Waals surface area contributed by atoms with Crippen molar-refractivity contribution in [3.8, 4) is 0 Å². The first-order valence-corrected chi connectivity index (χ1v) is 4.28. The van der Waals surface area contributed by atoms with E-state index in [-0.39, 0.29) is 12.3 Å². The van der Waals surface area contributed by atoms with Gasteiger partial charge in [-0.25, -0.2) is 0 Å². The second-order valence-electron chi connectivity index (χ2n) is 2.77. The van der Waals surface area contributed by atoms with E-state index in [9.17, 15) is 9.59 Å². The number of primary amides is 1. The van der Waals surface area contributed by atoms with Crippen LogP contribution in [0.5, 0.6) is 0 Å². The van der Waals surface area contributed by atoms with Crippen LogP contribution >= 0.6 is 0 Å². The molecule has 0 unspecified atom stereocenters. The number of nitrogens with two attached hydrogens (primary N) is 1. The summed E-state index contributed by atoms with van der Waals surface area (Å²) in [5, 5.41) is 2.33. The van der Waals surface area contributed by atoms with Crippen LogP contribution in [0.3, 0.4) is 0 Å². The maximum Gasteiger partial charge on any atom is 0.287 e. The molecule has 2 amide bonds. The van der Waals surface area contributed by atoms with Crippen LogP contribution in [-0.4, -0.2) is 18.4 Å². The van der Waals surface area contributed by atoms with Gasteiger partial charge in [-0.1, -0.05) is 6.92 Å². The van der Waals surface area contributed by atoms with Gasteiger partial charge in [0.25, 0.3) is 5.91 Å². The van der Waals surface area contributed by atoms with E-state index in [1.807, 2.05) is 6.92 Å². The minimum Gasteiger partial charge on any atom is -0.456 e. The Hall–Kier alpha value is -1.78. The Morgan fingerprint density at radius 3 is 2.71 bits per heavy atom. The number of carbonyl (C=O) groups is 2. The maximum absolute atomic E-state index is 11.3. The summed E-state index contributed by atoms with van der Waals surface area (Å²) in [6, 6.07) is 3.29. The van der Waals surface area contributed by atoms with Gasteiger partial charge >= 0.3 is 0 Å². The predicted octanol–water partition coefficient (Wildman–Crippen LogP) is 0.0571. The Morgan fingerprint density at radius 2 is 2.21 bits per heavy atom. The van der Waals surface area contributed by atoms with Crippen molar-refractivity contribution < 1.29 is 14.0 Å². The molecule has 0 atom stereocenters. The van der Waals surface area contributed by atoms with Crippen LogP contribution in [0, 0.1) is 0 Å². The SMILES string of the molecule is CCc1ccc(C(=O)NCC(N)=O)o1. The predicted molar refractivity (Wildman–Crippen MR) is 49.6 cm³/mol. The first-order chi connectivity index (χ1) is 6.63. The summed E-state index contributed by atoms with van der Waals surface area (Å²) >= 11 is 0. The molecule has 0 saturated carbocycles. The van der Waals surface area contributed by atoms with E-state index in [4.69, 9.17) is 10.2 Å². The minimum atomic E-state index is -0.583. The van der Waals surface area contributed by atoms with Gasteiger partial charge in [-0.15, -0.1) is 0 Å². The van der Waals surface area contributed by atoms with Crippen LogP contribution in [0.1, 0.15) is 23.2 Å². The summed E-state index contributed by atoms with van der Waals surface area (Å²) in [6.45, 7) is 1.74. The Morgan fingerprint density at radius 1 is 1.50 bits per heavy atom. The highest BCUT2D eigenvalue weighted by molar-refractivity contribution is 5.93. The topological polar surface area (TPSA) is 85.3 Å². The van der Waals surface area contributed by atoms with Gasteiger partial charge in [0.2, 0.25) is 5.91 Å². The Bertz CT molecular complexity index is 344. The first-order valence-electron chi connectivity index (χ1n) is 4.28. The van der Waals surface area contributed by atoms with E-state index in [0.717, 1.165) is 12.2 Å². The van der Waals surface area contributed by atoms with Crippen LogP contribution in [0.4, 0.5) is 0 Å². The largest absolute Gasteiger partial charge is 0.456 e. The van der Waals surface area contributed by atoms with E-state index in [0.29, 0.717) is 0 Å². The number of hydrogen-bond donors (Lipinski definition) is 2. The molecule has 0 radical (unpaired) electrons. The van der Waals surface area contributed by atoms with Gasteiger partial charge in [0.05, 0.1) is 6.54 Å². The van der Waals surface area contributed by atoms with Gasteiger partial charge in [-0.05, 0) is 12.1 Å². The normalized spacial score (nSPS) is 9.79. The van der Waals surface area contributed by atoms with E-state index in [1.54, 1.807) is 12.1 Å².